The van der Waals surface area contributed by atoms with Crippen LogP contribution in [0.4, 0.5) is 18.9 Å². The summed E-state index contributed by atoms with van der Waals surface area (Å²) >= 11 is 0. The lowest BCUT2D eigenvalue weighted by atomic mass is 10.1. The van der Waals surface area contributed by atoms with Gasteiger partial charge in [0.25, 0.3) is 6.43 Å². The molecule has 0 saturated carbocycles. The Labute approximate surface area is 106 Å². The summed E-state index contributed by atoms with van der Waals surface area (Å²) in [6.07, 6.45) is -1.44. The van der Waals surface area contributed by atoms with Gasteiger partial charge in [-0.1, -0.05) is 6.92 Å². The lowest BCUT2D eigenvalue weighted by molar-refractivity contribution is 0.156. The SMILES string of the molecule is CCCNCc1cc(F)ccc1N(C)CC(F)F. The smallest absolute Gasteiger partial charge is 0.255 e. The van der Waals surface area contributed by atoms with E-state index in [4.69, 9.17) is 0 Å². The Bertz CT molecular complexity index is 369. The Morgan fingerprint density at radius 3 is 2.67 bits per heavy atom. The van der Waals surface area contributed by atoms with Crippen LogP contribution in [-0.2, 0) is 6.54 Å². The zero-order valence-corrected chi connectivity index (χ0v) is 10.7. The van der Waals surface area contributed by atoms with Crippen LogP contribution in [-0.4, -0.2) is 26.6 Å². The number of benzene rings is 1. The first-order chi connectivity index (χ1) is 8.54. The van der Waals surface area contributed by atoms with Crippen LogP contribution in [0.5, 0.6) is 0 Å². The third kappa shape index (κ3) is 4.56. The second-order valence-corrected chi connectivity index (χ2v) is 4.22. The Balaban J connectivity index is 2.81. The molecule has 102 valence electrons. The number of hydrogen-bond donors (Lipinski definition) is 1. The van der Waals surface area contributed by atoms with Gasteiger partial charge < -0.3 is 10.2 Å². The molecule has 0 aliphatic rings. The molecule has 0 radical (unpaired) electrons. The number of hydrogen-bond acceptors (Lipinski definition) is 2. The van der Waals surface area contributed by atoms with Crippen LogP contribution in [0.25, 0.3) is 0 Å². The number of anilines is 1. The second-order valence-electron chi connectivity index (χ2n) is 4.22. The van der Waals surface area contributed by atoms with E-state index in [0.29, 0.717) is 17.8 Å². The molecule has 0 bridgehead atoms. The quantitative estimate of drug-likeness (QED) is 0.758. The summed E-state index contributed by atoms with van der Waals surface area (Å²) in [5.41, 5.74) is 1.34. The molecule has 1 rings (SSSR count). The predicted octanol–water partition coefficient (Wildman–Crippen LogP) is 3.03. The normalized spacial score (nSPS) is 11.0. The summed E-state index contributed by atoms with van der Waals surface area (Å²) in [6.45, 7) is 2.97. The molecule has 0 fully saturated rings. The summed E-state index contributed by atoms with van der Waals surface area (Å²) in [5.74, 6) is -0.350. The summed E-state index contributed by atoms with van der Waals surface area (Å²) in [6, 6.07) is 4.22. The lowest BCUT2D eigenvalue weighted by Gasteiger charge is -2.22. The molecule has 0 aliphatic heterocycles. The number of halogens is 3. The second kappa shape index (κ2) is 7.26. The summed E-state index contributed by atoms with van der Waals surface area (Å²) in [7, 11) is 1.59. The summed E-state index contributed by atoms with van der Waals surface area (Å²) < 4.78 is 37.9. The van der Waals surface area contributed by atoms with E-state index in [1.165, 1.54) is 17.0 Å². The average molecular weight is 260 g/mol. The van der Waals surface area contributed by atoms with Gasteiger partial charge in [-0.05, 0) is 36.7 Å². The fraction of sp³-hybridized carbons (Fsp3) is 0.538. The van der Waals surface area contributed by atoms with Crippen molar-refractivity contribution < 1.29 is 13.2 Å². The van der Waals surface area contributed by atoms with Gasteiger partial charge >= 0.3 is 0 Å². The number of nitrogens with one attached hydrogen (secondary N) is 1. The molecule has 1 aromatic carbocycles. The van der Waals surface area contributed by atoms with Gasteiger partial charge in [-0.25, -0.2) is 13.2 Å². The zero-order valence-electron chi connectivity index (χ0n) is 10.7. The monoisotopic (exact) mass is 260 g/mol. The van der Waals surface area contributed by atoms with Gasteiger partial charge in [-0.15, -0.1) is 0 Å². The fourth-order valence-corrected chi connectivity index (χ4v) is 1.77. The van der Waals surface area contributed by atoms with E-state index < -0.39 is 6.43 Å². The van der Waals surface area contributed by atoms with Crippen LogP contribution in [0.1, 0.15) is 18.9 Å². The average Bonchev–Trinajstić information content (AvgIpc) is 2.28. The van der Waals surface area contributed by atoms with Crippen LogP contribution < -0.4 is 10.2 Å². The molecule has 0 atom stereocenters. The zero-order chi connectivity index (χ0) is 13.5. The molecule has 18 heavy (non-hydrogen) atoms. The minimum Gasteiger partial charge on any atom is -0.369 e. The highest BCUT2D eigenvalue weighted by Gasteiger charge is 2.12. The molecule has 0 amide bonds. The first-order valence-corrected chi connectivity index (χ1v) is 6.03. The highest BCUT2D eigenvalue weighted by atomic mass is 19.3. The van der Waals surface area contributed by atoms with Crippen LogP contribution in [0.2, 0.25) is 0 Å². The Morgan fingerprint density at radius 1 is 1.33 bits per heavy atom. The van der Waals surface area contributed by atoms with Gasteiger partial charge in [0.15, 0.2) is 0 Å². The van der Waals surface area contributed by atoms with E-state index in [-0.39, 0.29) is 12.4 Å². The molecule has 0 aromatic heterocycles. The van der Waals surface area contributed by atoms with Crippen molar-refractivity contribution in [3.05, 3.63) is 29.6 Å². The summed E-state index contributed by atoms with van der Waals surface area (Å²) in [5, 5.41) is 3.15. The highest BCUT2D eigenvalue weighted by Crippen LogP contribution is 2.21. The van der Waals surface area contributed by atoms with Gasteiger partial charge in [-0.2, -0.15) is 0 Å². The molecule has 0 saturated heterocycles. The minimum atomic E-state index is -2.41. The van der Waals surface area contributed by atoms with Crippen LogP contribution in [0.15, 0.2) is 18.2 Å². The van der Waals surface area contributed by atoms with Crippen LogP contribution >= 0.6 is 0 Å². The molecule has 5 heteroatoms. The first kappa shape index (κ1) is 14.8. The van der Waals surface area contributed by atoms with Gasteiger partial charge in [0, 0.05) is 19.3 Å². The van der Waals surface area contributed by atoms with Crippen molar-refractivity contribution in [2.24, 2.45) is 0 Å². The van der Waals surface area contributed by atoms with Crippen molar-refractivity contribution in [2.75, 3.05) is 25.0 Å². The maximum absolute atomic E-state index is 13.2. The summed E-state index contributed by atoms with van der Waals surface area (Å²) in [4.78, 5) is 1.45. The van der Waals surface area contributed by atoms with E-state index in [1.54, 1.807) is 13.1 Å². The van der Waals surface area contributed by atoms with Crippen molar-refractivity contribution in [3.63, 3.8) is 0 Å². The minimum absolute atomic E-state index is 0.350. The van der Waals surface area contributed by atoms with Crippen molar-refractivity contribution in [1.29, 1.82) is 0 Å². The van der Waals surface area contributed by atoms with Crippen LogP contribution in [0.3, 0.4) is 0 Å². The topological polar surface area (TPSA) is 15.3 Å². The van der Waals surface area contributed by atoms with Crippen molar-refractivity contribution in [3.8, 4) is 0 Å². The molecule has 1 aromatic rings. The molecule has 2 nitrogen and oxygen atoms in total. The Kier molecular flexibility index (Phi) is 5.98. The van der Waals surface area contributed by atoms with E-state index >= 15 is 0 Å². The Hall–Kier alpha value is -1.23. The third-order valence-corrected chi connectivity index (χ3v) is 2.61. The van der Waals surface area contributed by atoms with Gasteiger partial charge in [0.1, 0.15) is 5.82 Å². The van der Waals surface area contributed by atoms with Gasteiger partial charge in [0.05, 0.1) is 6.54 Å². The number of alkyl halides is 2. The maximum atomic E-state index is 13.2. The van der Waals surface area contributed by atoms with Crippen LogP contribution in [0, 0.1) is 5.82 Å². The third-order valence-electron chi connectivity index (χ3n) is 2.61. The molecule has 0 heterocycles. The van der Waals surface area contributed by atoms with E-state index in [0.717, 1.165) is 13.0 Å². The lowest BCUT2D eigenvalue weighted by Crippen LogP contribution is -2.26. The molecule has 0 unspecified atom stereocenters. The van der Waals surface area contributed by atoms with E-state index in [1.807, 2.05) is 6.92 Å². The first-order valence-electron chi connectivity index (χ1n) is 6.03. The predicted molar refractivity (Wildman–Crippen MR) is 67.7 cm³/mol. The van der Waals surface area contributed by atoms with Gasteiger partial charge in [0.2, 0.25) is 0 Å². The van der Waals surface area contributed by atoms with Crippen molar-refractivity contribution >= 4 is 5.69 Å². The van der Waals surface area contributed by atoms with E-state index in [2.05, 4.69) is 5.32 Å². The molecule has 0 spiro atoms. The fourth-order valence-electron chi connectivity index (χ4n) is 1.77. The van der Waals surface area contributed by atoms with Crippen molar-refractivity contribution in [1.82, 2.24) is 5.32 Å². The molecule has 1 N–H and O–H groups in total. The largest absolute Gasteiger partial charge is 0.369 e. The van der Waals surface area contributed by atoms with Crippen molar-refractivity contribution in [2.45, 2.75) is 26.3 Å². The standard InChI is InChI=1S/C13H19F3N2/c1-3-6-17-8-10-7-11(14)4-5-12(10)18(2)9-13(15)16/h4-5,7,13,17H,3,6,8-9H2,1-2H3. The Morgan fingerprint density at radius 2 is 2.06 bits per heavy atom. The number of rotatable bonds is 7. The van der Waals surface area contributed by atoms with E-state index in [9.17, 15) is 13.2 Å². The highest BCUT2D eigenvalue weighted by molar-refractivity contribution is 5.53. The molecule has 0 aliphatic carbocycles. The molecular formula is C13H19F3N2. The molecular weight excluding hydrogens is 241 g/mol. The number of nitrogens with zero attached hydrogens (tertiary/aromatic N) is 1. The maximum Gasteiger partial charge on any atom is 0.255 e. The van der Waals surface area contributed by atoms with Gasteiger partial charge in [-0.3, -0.25) is 0 Å².